The largest absolute Gasteiger partial charge is 0.364 e. The van der Waals surface area contributed by atoms with Crippen LogP contribution in [-0.2, 0) is 0 Å². The van der Waals surface area contributed by atoms with Gasteiger partial charge < -0.3 is 10.6 Å². The Kier molecular flexibility index (Phi) is 3.44. The zero-order chi connectivity index (χ0) is 11.5. The molecule has 0 saturated carbocycles. The van der Waals surface area contributed by atoms with E-state index in [0.717, 1.165) is 6.54 Å². The van der Waals surface area contributed by atoms with Crippen molar-refractivity contribution in [1.29, 1.82) is 0 Å². The van der Waals surface area contributed by atoms with Gasteiger partial charge in [-0.25, -0.2) is 0 Å². The van der Waals surface area contributed by atoms with Crippen LogP contribution in [-0.4, -0.2) is 23.6 Å². The van der Waals surface area contributed by atoms with E-state index in [-0.39, 0.29) is 0 Å². The van der Waals surface area contributed by atoms with Gasteiger partial charge in [0.05, 0.1) is 0 Å². The average Bonchev–Trinajstić information content (AvgIpc) is 2.30. The Hall–Kier alpha value is -1.09. The first-order chi connectivity index (χ1) is 7.74. The molecule has 2 unspecified atom stereocenters. The van der Waals surface area contributed by atoms with Crippen molar-refractivity contribution in [2.75, 3.05) is 11.4 Å². The van der Waals surface area contributed by atoms with E-state index < -0.39 is 0 Å². The summed E-state index contributed by atoms with van der Waals surface area (Å²) in [4.78, 5) is 6.64. The standard InChI is InChI=1S/C13H21N3/c1-10-9-15-7-6-13(10)16-11(2)4-3-5-12(16)8-14/h6-7,9,11-12H,3-5,8,14H2,1-2H3. The minimum absolute atomic E-state index is 0.491. The SMILES string of the molecule is Cc1cnccc1N1C(C)CCCC1CN. The Morgan fingerprint density at radius 1 is 1.50 bits per heavy atom. The van der Waals surface area contributed by atoms with Crippen molar-refractivity contribution in [1.82, 2.24) is 4.98 Å². The molecule has 1 aromatic rings. The van der Waals surface area contributed by atoms with Crippen molar-refractivity contribution in [2.24, 2.45) is 5.73 Å². The van der Waals surface area contributed by atoms with Crippen LogP contribution in [0.4, 0.5) is 5.69 Å². The van der Waals surface area contributed by atoms with Gasteiger partial charge in [0.15, 0.2) is 0 Å². The third kappa shape index (κ3) is 2.05. The van der Waals surface area contributed by atoms with E-state index in [2.05, 4.69) is 29.8 Å². The number of nitrogens with two attached hydrogens (primary N) is 1. The normalized spacial score (nSPS) is 25.8. The summed E-state index contributed by atoms with van der Waals surface area (Å²) in [5.41, 5.74) is 8.43. The smallest absolute Gasteiger partial charge is 0.0432 e. The summed E-state index contributed by atoms with van der Waals surface area (Å²) in [5.74, 6) is 0. The van der Waals surface area contributed by atoms with Gasteiger partial charge in [-0.1, -0.05) is 0 Å². The number of anilines is 1. The fourth-order valence-electron chi connectivity index (χ4n) is 2.71. The van der Waals surface area contributed by atoms with Crippen LogP contribution in [0.3, 0.4) is 0 Å². The van der Waals surface area contributed by atoms with Crippen molar-refractivity contribution in [3.8, 4) is 0 Å². The van der Waals surface area contributed by atoms with Crippen molar-refractivity contribution in [3.05, 3.63) is 24.0 Å². The molecular formula is C13H21N3. The lowest BCUT2D eigenvalue weighted by Gasteiger charge is -2.42. The lowest BCUT2D eigenvalue weighted by molar-refractivity contribution is 0.400. The van der Waals surface area contributed by atoms with E-state index in [1.807, 2.05) is 12.4 Å². The van der Waals surface area contributed by atoms with Crippen molar-refractivity contribution >= 4 is 5.69 Å². The maximum absolute atomic E-state index is 5.89. The molecule has 0 bridgehead atoms. The van der Waals surface area contributed by atoms with E-state index in [1.54, 1.807) is 0 Å². The molecule has 1 fully saturated rings. The van der Waals surface area contributed by atoms with Gasteiger partial charge >= 0.3 is 0 Å². The minimum atomic E-state index is 0.491. The summed E-state index contributed by atoms with van der Waals surface area (Å²) in [7, 11) is 0. The Bertz CT molecular complexity index is 351. The van der Waals surface area contributed by atoms with Crippen molar-refractivity contribution < 1.29 is 0 Å². The van der Waals surface area contributed by atoms with Gasteiger partial charge in [-0.2, -0.15) is 0 Å². The first kappa shape index (κ1) is 11.4. The molecular weight excluding hydrogens is 198 g/mol. The summed E-state index contributed by atoms with van der Waals surface area (Å²) in [6.45, 7) is 5.16. The van der Waals surface area contributed by atoms with E-state index in [0.29, 0.717) is 12.1 Å². The molecule has 0 aromatic carbocycles. The van der Waals surface area contributed by atoms with Crippen LogP contribution in [0.1, 0.15) is 31.7 Å². The van der Waals surface area contributed by atoms with Crippen LogP contribution in [0.15, 0.2) is 18.5 Å². The number of rotatable bonds is 2. The molecule has 3 nitrogen and oxygen atoms in total. The maximum atomic E-state index is 5.89. The molecule has 0 spiro atoms. The Balaban J connectivity index is 2.32. The van der Waals surface area contributed by atoms with Crippen LogP contribution in [0, 0.1) is 6.92 Å². The molecule has 1 aliphatic rings. The highest BCUT2D eigenvalue weighted by Gasteiger charge is 2.27. The number of piperidine rings is 1. The predicted octanol–water partition coefficient (Wildman–Crippen LogP) is 2.10. The molecule has 0 amide bonds. The topological polar surface area (TPSA) is 42.2 Å². The number of hydrogen-bond donors (Lipinski definition) is 1. The second-order valence-electron chi connectivity index (χ2n) is 4.74. The minimum Gasteiger partial charge on any atom is -0.364 e. The molecule has 1 aliphatic heterocycles. The number of nitrogens with zero attached hydrogens (tertiary/aromatic N) is 2. The van der Waals surface area contributed by atoms with Gasteiger partial charge in [-0.15, -0.1) is 0 Å². The van der Waals surface area contributed by atoms with E-state index in [4.69, 9.17) is 5.73 Å². The molecule has 0 aliphatic carbocycles. The monoisotopic (exact) mass is 219 g/mol. The molecule has 0 radical (unpaired) electrons. The van der Waals surface area contributed by atoms with Gasteiger partial charge in [-0.05, 0) is 44.7 Å². The highest BCUT2D eigenvalue weighted by Crippen LogP contribution is 2.30. The highest BCUT2D eigenvalue weighted by atomic mass is 15.2. The lowest BCUT2D eigenvalue weighted by Crippen LogP contribution is -2.49. The van der Waals surface area contributed by atoms with Gasteiger partial charge in [-0.3, -0.25) is 4.98 Å². The van der Waals surface area contributed by atoms with Crippen molar-refractivity contribution in [3.63, 3.8) is 0 Å². The highest BCUT2D eigenvalue weighted by molar-refractivity contribution is 5.53. The van der Waals surface area contributed by atoms with Crippen LogP contribution in [0.5, 0.6) is 0 Å². The van der Waals surface area contributed by atoms with E-state index in [9.17, 15) is 0 Å². The van der Waals surface area contributed by atoms with E-state index in [1.165, 1.54) is 30.5 Å². The summed E-state index contributed by atoms with van der Waals surface area (Å²) >= 11 is 0. The molecule has 88 valence electrons. The Labute approximate surface area is 97.7 Å². The average molecular weight is 219 g/mol. The Morgan fingerprint density at radius 3 is 3.00 bits per heavy atom. The third-order valence-corrected chi connectivity index (χ3v) is 3.57. The fourth-order valence-corrected chi connectivity index (χ4v) is 2.71. The number of aryl methyl sites for hydroxylation is 1. The van der Waals surface area contributed by atoms with E-state index >= 15 is 0 Å². The van der Waals surface area contributed by atoms with Crippen molar-refractivity contribution in [2.45, 2.75) is 45.2 Å². The third-order valence-electron chi connectivity index (χ3n) is 3.57. The molecule has 2 N–H and O–H groups in total. The number of aromatic nitrogens is 1. The summed E-state index contributed by atoms with van der Waals surface area (Å²) in [6, 6.07) is 3.19. The van der Waals surface area contributed by atoms with Crippen LogP contribution >= 0.6 is 0 Å². The molecule has 16 heavy (non-hydrogen) atoms. The van der Waals surface area contributed by atoms with Crippen LogP contribution in [0.25, 0.3) is 0 Å². The number of hydrogen-bond acceptors (Lipinski definition) is 3. The first-order valence-electron chi connectivity index (χ1n) is 6.13. The maximum Gasteiger partial charge on any atom is 0.0432 e. The van der Waals surface area contributed by atoms with Gasteiger partial charge in [0, 0.05) is 36.7 Å². The zero-order valence-corrected chi connectivity index (χ0v) is 10.2. The first-order valence-corrected chi connectivity index (χ1v) is 6.13. The van der Waals surface area contributed by atoms with Crippen LogP contribution < -0.4 is 10.6 Å². The molecule has 2 atom stereocenters. The van der Waals surface area contributed by atoms with Gasteiger partial charge in [0.1, 0.15) is 0 Å². The Morgan fingerprint density at radius 2 is 2.31 bits per heavy atom. The molecule has 1 aromatic heterocycles. The van der Waals surface area contributed by atoms with Gasteiger partial charge in [0.25, 0.3) is 0 Å². The molecule has 2 rings (SSSR count). The molecule has 1 saturated heterocycles. The quantitative estimate of drug-likeness (QED) is 0.828. The fraction of sp³-hybridized carbons (Fsp3) is 0.615. The molecule has 2 heterocycles. The van der Waals surface area contributed by atoms with Crippen LogP contribution in [0.2, 0.25) is 0 Å². The lowest BCUT2D eigenvalue weighted by atomic mass is 9.95. The summed E-state index contributed by atoms with van der Waals surface area (Å²) in [5, 5.41) is 0. The second kappa shape index (κ2) is 4.83. The zero-order valence-electron chi connectivity index (χ0n) is 10.2. The second-order valence-corrected chi connectivity index (χ2v) is 4.74. The predicted molar refractivity (Wildman–Crippen MR) is 67.6 cm³/mol. The summed E-state index contributed by atoms with van der Waals surface area (Å²) < 4.78 is 0. The molecule has 3 heteroatoms. The number of pyridine rings is 1. The summed E-state index contributed by atoms with van der Waals surface area (Å²) in [6.07, 6.45) is 7.58. The van der Waals surface area contributed by atoms with Gasteiger partial charge in [0.2, 0.25) is 0 Å².